The molecule has 0 saturated heterocycles. The second-order valence-corrected chi connectivity index (χ2v) is 5.29. The summed E-state index contributed by atoms with van der Waals surface area (Å²) in [6, 6.07) is 0.797. The number of rotatable bonds is 4. The van der Waals surface area contributed by atoms with Crippen LogP contribution in [0, 0.1) is 17.6 Å². The first-order chi connectivity index (χ1) is 8.90. The number of halogens is 3. The van der Waals surface area contributed by atoms with Gasteiger partial charge in [0.25, 0.3) is 5.91 Å². The van der Waals surface area contributed by atoms with Gasteiger partial charge >= 0.3 is 5.97 Å². The number of carboxylic acids is 1. The van der Waals surface area contributed by atoms with E-state index < -0.39 is 35.1 Å². The van der Waals surface area contributed by atoms with Crippen LogP contribution in [-0.4, -0.2) is 23.0 Å². The number of hydrogen-bond acceptors (Lipinski definition) is 2. The summed E-state index contributed by atoms with van der Waals surface area (Å²) < 4.78 is 27.3. The van der Waals surface area contributed by atoms with Gasteiger partial charge in [0, 0.05) is 4.47 Å². The number of benzene rings is 1. The van der Waals surface area contributed by atoms with Gasteiger partial charge in [-0.2, -0.15) is 0 Å². The fourth-order valence-corrected chi connectivity index (χ4v) is 2.19. The van der Waals surface area contributed by atoms with Crippen LogP contribution < -0.4 is 5.32 Å². The molecule has 1 amide bonds. The Labute approximate surface area is 115 Å². The van der Waals surface area contributed by atoms with Crippen molar-refractivity contribution >= 4 is 27.8 Å². The SMILES string of the molecule is O=C(NC(C(=O)O)C1CC1)c1c(F)cc(Br)cc1F. The van der Waals surface area contributed by atoms with E-state index in [1.165, 1.54) is 0 Å². The molecule has 0 aliphatic heterocycles. The smallest absolute Gasteiger partial charge is 0.326 e. The summed E-state index contributed by atoms with van der Waals surface area (Å²) in [6.45, 7) is 0. The fourth-order valence-electron chi connectivity index (χ4n) is 1.78. The van der Waals surface area contributed by atoms with Gasteiger partial charge < -0.3 is 10.4 Å². The largest absolute Gasteiger partial charge is 0.480 e. The van der Waals surface area contributed by atoms with Crippen LogP contribution in [0.15, 0.2) is 16.6 Å². The second-order valence-electron chi connectivity index (χ2n) is 4.37. The zero-order chi connectivity index (χ0) is 14.2. The van der Waals surface area contributed by atoms with Crippen molar-refractivity contribution in [1.82, 2.24) is 5.32 Å². The van der Waals surface area contributed by atoms with E-state index in [0.717, 1.165) is 12.1 Å². The van der Waals surface area contributed by atoms with Crippen molar-refractivity contribution in [2.24, 2.45) is 5.92 Å². The highest BCUT2D eigenvalue weighted by Gasteiger charge is 2.38. The summed E-state index contributed by atoms with van der Waals surface area (Å²) in [4.78, 5) is 22.7. The highest BCUT2D eigenvalue weighted by molar-refractivity contribution is 9.10. The molecule has 2 N–H and O–H groups in total. The number of carboxylic acid groups (broad SMARTS) is 1. The lowest BCUT2D eigenvalue weighted by molar-refractivity contribution is -0.139. The van der Waals surface area contributed by atoms with Crippen LogP contribution in [0.5, 0.6) is 0 Å². The normalized spacial score (nSPS) is 15.9. The van der Waals surface area contributed by atoms with Crippen LogP contribution in [0.4, 0.5) is 8.78 Å². The predicted molar refractivity (Wildman–Crippen MR) is 65.7 cm³/mol. The molecule has 1 aliphatic rings. The minimum atomic E-state index is -1.20. The Morgan fingerprint density at radius 3 is 2.26 bits per heavy atom. The van der Waals surface area contributed by atoms with Crippen molar-refractivity contribution in [1.29, 1.82) is 0 Å². The van der Waals surface area contributed by atoms with Crippen LogP contribution in [0.1, 0.15) is 23.2 Å². The number of amides is 1. The molecule has 0 heterocycles. The summed E-state index contributed by atoms with van der Waals surface area (Å²) in [6.07, 6.45) is 1.37. The lowest BCUT2D eigenvalue weighted by Crippen LogP contribution is -2.43. The number of aliphatic carboxylic acids is 1. The van der Waals surface area contributed by atoms with E-state index in [-0.39, 0.29) is 10.4 Å². The van der Waals surface area contributed by atoms with Crippen LogP contribution in [-0.2, 0) is 4.79 Å². The van der Waals surface area contributed by atoms with Gasteiger partial charge in [-0.25, -0.2) is 13.6 Å². The Kier molecular flexibility index (Phi) is 3.84. The predicted octanol–water partition coefficient (Wildman–Crippen LogP) is 2.32. The average molecular weight is 334 g/mol. The standard InChI is InChI=1S/C12H10BrF2NO3/c13-6-3-7(14)9(8(15)4-6)11(17)16-10(12(18)19)5-1-2-5/h3-5,10H,1-2H2,(H,16,17)(H,18,19). The molecule has 0 radical (unpaired) electrons. The summed E-state index contributed by atoms with van der Waals surface area (Å²) >= 11 is 2.90. The molecule has 1 fully saturated rings. The van der Waals surface area contributed by atoms with E-state index in [2.05, 4.69) is 21.2 Å². The van der Waals surface area contributed by atoms with E-state index in [1.54, 1.807) is 0 Å². The highest BCUT2D eigenvalue weighted by Crippen LogP contribution is 2.33. The second kappa shape index (κ2) is 5.24. The van der Waals surface area contributed by atoms with Crippen LogP contribution in [0.2, 0.25) is 0 Å². The Balaban J connectivity index is 2.22. The van der Waals surface area contributed by atoms with Crippen molar-refractivity contribution in [2.45, 2.75) is 18.9 Å². The number of carbonyl (C=O) groups is 2. The molecule has 4 nitrogen and oxygen atoms in total. The first-order valence-electron chi connectivity index (χ1n) is 5.58. The molecule has 1 aliphatic carbocycles. The van der Waals surface area contributed by atoms with Gasteiger partial charge in [-0.3, -0.25) is 4.79 Å². The Bertz CT molecular complexity index is 523. The number of hydrogen-bond donors (Lipinski definition) is 2. The quantitative estimate of drug-likeness (QED) is 0.888. The number of carbonyl (C=O) groups excluding carboxylic acids is 1. The van der Waals surface area contributed by atoms with E-state index in [1.807, 2.05) is 0 Å². The summed E-state index contributed by atoms with van der Waals surface area (Å²) in [7, 11) is 0. The maximum absolute atomic E-state index is 13.6. The van der Waals surface area contributed by atoms with E-state index in [4.69, 9.17) is 5.11 Å². The summed E-state index contributed by atoms with van der Waals surface area (Å²) in [5.41, 5.74) is -0.768. The molecule has 1 unspecified atom stereocenters. The van der Waals surface area contributed by atoms with Gasteiger partial charge in [0.05, 0.1) is 0 Å². The first kappa shape index (κ1) is 13.9. The Morgan fingerprint density at radius 1 is 1.32 bits per heavy atom. The molecule has 2 rings (SSSR count). The molecular weight excluding hydrogens is 324 g/mol. The molecule has 19 heavy (non-hydrogen) atoms. The van der Waals surface area contributed by atoms with Crippen molar-refractivity contribution in [2.75, 3.05) is 0 Å². The number of nitrogens with one attached hydrogen (secondary N) is 1. The van der Waals surface area contributed by atoms with Gasteiger partial charge in [0.2, 0.25) is 0 Å². The molecule has 102 valence electrons. The van der Waals surface area contributed by atoms with E-state index >= 15 is 0 Å². The lowest BCUT2D eigenvalue weighted by atomic mass is 10.1. The highest BCUT2D eigenvalue weighted by atomic mass is 79.9. The molecule has 1 saturated carbocycles. The topological polar surface area (TPSA) is 66.4 Å². The van der Waals surface area contributed by atoms with Gasteiger partial charge in [-0.05, 0) is 30.9 Å². The van der Waals surface area contributed by atoms with Gasteiger partial charge in [-0.15, -0.1) is 0 Å². The van der Waals surface area contributed by atoms with Crippen LogP contribution in [0.25, 0.3) is 0 Å². The van der Waals surface area contributed by atoms with Crippen LogP contribution in [0.3, 0.4) is 0 Å². The molecule has 1 atom stereocenters. The summed E-state index contributed by atoms with van der Waals surface area (Å²) in [5.74, 6) is -4.49. The first-order valence-corrected chi connectivity index (χ1v) is 6.37. The Hall–Kier alpha value is -1.50. The molecule has 0 spiro atoms. The molecule has 1 aromatic carbocycles. The minimum absolute atomic E-state index is 0.163. The van der Waals surface area contributed by atoms with Crippen molar-refractivity contribution in [3.05, 3.63) is 33.8 Å². The molecule has 0 aromatic heterocycles. The molecule has 1 aromatic rings. The average Bonchev–Trinajstić information content (AvgIpc) is 3.07. The van der Waals surface area contributed by atoms with Crippen LogP contribution >= 0.6 is 15.9 Å². The zero-order valence-corrected chi connectivity index (χ0v) is 11.2. The van der Waals surface area contributed by atoms with Crippen molar-refractivity contribution in [3.63, 3.8) is 0 Å². The fraction of sp³-hybridized carbons (Fsp3) is 0.333. The summed E-state index contributed by atoms with van der Waals surface area (Å²) in [5, 5.41) is 11.1. The van der Waals surface area contributed by atoms with Gasteiger partial charge in [0.15, 0.2) is 0 Å². The third kappa shape index (κ3) is 3.09. The third-order valence-corrected chi connectivity index (χ3v) is 3.34. The van der Waals surface area contributed by atoms with Gasteiger partial charge in [-0.1, -0.05) is 15.9 Å². The lowest BCUT2D eigenvalue weighted by Gasteiger charge is -2.14. The Morgan fingerprint density at radius 2 is 1.84 bits per heavy atom. The maximum atomic E-state index is 13.6. The zero-order valence-electron chi connectivity index (χ0n) is 9.62. The van der Waals surface area contributed by atoms with Crippen molar-refractivity contribution in [3.8, 4) is 0 Å². The molecular formula is C12H10BrF2NO3. The van der Waals surface area contributed by atoms with Crippen molar-refractivity contribution < 1.29 is 23.5 Å². The van der Waals surface area contributed by atoms with Gasteiger partial charge in [0.1, 0.15) is 23.2 Å². The van der Waals surface area contributed by atoms with E-state index in [0.29, 0.717) is 12.8 Å². The third-order valence-electron chi connectivity index (χ3n) is 2.88. The van der Waals surface area contributed by atoms with E-state index in [9.17, 15) is 18.4 Å². The monoisotopic (exact) mass is 333 g/mol. The molecule has 7 heteroatoms. The minimum Gasteiger partial charge on any atom is -0.480 e. The maximum Gasteiger partial charge on any atom is 0.326 e. The molecule has 0 bridgehead atoms.